The minimum atomic E-state index is -0.133. The summed E-state index contributed by atoms with van der Waals surface area (Å²) in [5, 5.41) is 3.40. The molecule has 0 unspecified atom stereocenters. The Morgan fingerprint density at radius 3 is 2.91 bits per heavy atom. The summed E-state index contributed by atoms with van der Waals surface area (Å²) >= 11 is 0. The number of carbonyl (C=O) groups excluding carboxylic acids is 1. The van der Waals surface area contributed by atoms with Gasteiger partial charge in [0.25, 0.3) is 0 Å². The van der Waals surface area contributed by atoms with Crippen LogP contribution in [0, 0.1) is 5.92 Å². The number of methoxy groups -OCH3 is 1. The van der Waals surface area contributed by atoms with E-state index in [0.717, 1.165) is 37.9 Å². The summed E-state index contributed by atoms with van der Waals surface area (Å²) in [6, 6.07) is 0.266. The number of nitrogens with one attached hydrogen (secondary N) is 1. The Hall–Kier alpha value is -1.53. The van der Waals surface area contributed by atoms with Crippen LogP contribution in [0.2, 0.25) is 0 Å². The van der Waals surface area contributed by atoms with E-state index in [1.165, 1.54) is 6.33 Å². The highest BCUT2D eigenvalue weighted by molar-refractivity contribution is 5.79. The monoisotopic (exact) mass is 306 g/mol. The molecule has 1 fully saturated rings. The van der Waals surface area contributed by atoms with E-state index >= 15 is 0 Å². The van der Waals surface area contributed by atoms with Gasteiger partial charge in [-0.1, -0.05) is 6.92 Å². The van der Waals surface area contributed by atoms with Gasteiger partial charge in [0.2, 0.25) is 5.91 Å². The molecule has 0 spiro atoms. The first-order valence-corrected chi connectivity index (χ1v) is 7.96. The van der Waals surface area contributed by atoms with Crippen molar-refractivity contribution < 1.29 is 9.53 Å². The van der Waals surface area contributed by atoms with Gasteiger partial charge in [0.05, 0.1) is 12.5 Å². The van der Waals surface area contributed by atoms with E-state index in [1.807, 2.05) is 11.8 Å². The predicted molar refractivity (Wildman–Crippen MR) is 84.1 cm³/mol. The number of aromatic nitrogens is 2. The first kappa shape index (κ1) is 16.8. The second-order valence-corrected chi connectivity index (χ2v) is 5.90. The van der Waals surface area contributed by atoms with Gasteiger partial charge in [-0.25, -0.2) is 9.97 Å². The van der Waals surface area contributed by atoms with Crippen molar-refractivity contribution in [3.8, 4) is 0 Å². The van der Waals surface area contributed by atoms with E-state index in [-0.39, 0.29) is 17.9 Å². The second-order valence-electron chi connectivity index (χ2n) is 5.90. The first-order valence-electron chi connectivity index (χ1n) is 7.96. The molecule has 0 bridgehead atoms. The average molecular weight is 306 g/mol. The summed E-state index contributed by atoms with van der Waals surface area (Å²) in [6.07, 6.45) is 8.19. The fourth-order valence-electron chi connectivity index (χ4n) is 2.91. The average Bonchev–Trinajstić information content (AvgIpc) is 2.82. The molecular formula is C16H26N4O2. The number of amides is 1. The summed E-state index contributed by atoms with van der Waals surface area (Å²) in [7, 11) is 1.63. The van der Waals surface area contributed by atoms with Crippen LogP contribution in [0.3, 0.4) is 0 Å². The lowest BCUT2D eigenvalue weighted by Crippen LogP contribution is -2.43. The number of rotatable bonds is 6. The Morgan fingerprint density at radius 2 is 2.18 bits per heavy atom. The Kier molecular flexibility index (Phi) is 6.74. The maximum atomic E-state index is 12.8. The zero-order valence-electron chi connectivity index (χ0n) is 13.5. The van der Waals surface area contributed by atoms with Gasteiger partial charge >= 0.3 is 0 Å². The van der Waals surface area contributed by atoms with E-state index < -0.39 is 0 Å². The minimum absolute atomic E-state index is 0.133. The number of hydrogen-bond donors (Lipinski definition) is 1. The van der Waals surface area contributed by atoms with E-state index in [9.17, 15) is 4.79 Å². The molecule has 1 aliphatic rings. The van der Waals surface area contributed by atoms with Crippen molar-refractivity contribution in [3.63, 3.8) is 0 Å². The summed E-state index contributed by atoms with van der Waals surface area (Å²) in [5.74, 6) is 0.0171. The number of nitrogens with zero attached hydrogens (tertiary/aromatic N) is 3. The Morgan fingerprint density at radius 1 is 1.41 bits per heavy atom. The van der Waals surface area contributed by atoms with Crippen LogP contribution < -0.4 is 5.32 Å². The van der Waals surface area contributed by atoms with E-state index in [2.05, 4.69) is 15.3 Å². The van der Waals surface area contributed by atoms with Crippen LogP contribution in [0.25, 0.3) is 0 Å². The molecule has 1 saturated heterocycles. The Balaban J connectivity index is 2.13. The largest absolute Gasteiger partial charge is 0.384 e. The van der Waals surface area contributed by atoms with Crippen molar-refractivity contribution in [2.24, 2.45) is 5.92 Å². The van der Waals surface area contributed by atoms with E-state index in [4.69, 9.17) is 4.74 Å². The molecule has 2 heterocycles. The van der Waals surface area contributed by atoms with Crippen LogP contribution in [0.1, 0.15) is 31.7 Å². The molecular weight excluding hydrogens is 280 g/mol. The fraction of sp³-hybridized carbons (Fsp3) is 0.688. The molecule has 1 aromatic heterocycles. The number of carbonyl (C=O) groups is 1. The van der Waals surface area contributed by atoms with Crippen LogP contribution in [0.5, 0.6) is 0 Å². The van der Waals surface area contributed by atoms with Gasteiger partial charge in [-0.3, -0.25) is 4.79 Å². The van der Waals surface area contributed by atoms with Crippen molar-refractivity contribution in [3.05, 3.63) is 24.3 Å². The first-order chi connectivity index (χ1) is 10.7. The van der Waals surface area contributed by atoms with E-state index in [1.54, 1.807) is 19.5 Å². The lowest BCUT2D eigenvalue weighted by Gasteiger charge is -2.33. The van der Waals surface area contributed by atoms with Crippen molar-refractivity contribution >= 4 is 5.91 Å². The molecule has 122 valence electrons. The van der Waals surface area contributed by atoms with Gasteiger partial charge < -0.3 is 15.0 Å². The molecule has 0 aliphatic carbocycles. The number of ether oxygens (including phenoxy) is 1. The van der Waals surface area contributed by atoms with Crippen LogP contribution in [-0.2, 0) is 16.1 Å². The van der Waals surface area contributed by atoms with Gasteiger partial charge in [0, 0.05) is 37.7 Å². The molecule has 6 nitrogen and oxygen atoms in total. The Bertz CT molecular complexity index is 447. The zero-order chi connectivity index (χ0) is 15.8. The maximum absolute atomic E-state index is 12.8. The minimum Gasteiger partial charge on any atom is -0.384 e. The predicted octanol–water partition coefficient (Wildman–Crippen LogP) is 1.23. The quantitative estimate of drug-likeness (QED) is 0.856. The fourth-order valence-corrected chi connectivity index (χ4v) is 2.91. The smallest absolute Gasteiger partial charge is 0.228 e. The molecule has 1 amide bonds. The van der Waals surface area contributed by atoms with Gasteiger partial charge in [-0.2, -0.15) is 0 Å². The topological polar surface area (TPSA) is 67.3 Å². The summed E-state index contributed by atoms with van der Waals surface area (Å²) in [5.41, 5.74) is 0.970. The Labute approximate surface area is 132 Å². The summed E-state index contributed by atoms with van der Waals surface area (Å²) in [6.45, 7) is 4.93. The third-order valence-corrected chi connectivity index (χ3v) is 4.07. The molecule has 22 heavy (non-hydrogen) atoms. The lowest BCUT2D eigenvalue weighted by molar-refractivity contribution is -0.140. The molecule has 0 aromatic carbocycles. The van der Waals surface area contributed by atoms with Crippen molar-refractivity contribution in [2.45, 2.75) is 38.8 Å². The maximum Gasteiger partial charge on any atom is 0.228 e. The van der Waals surface area contributed by atoms with Gasteiger partial charge in [-0.05, 0) is 32.4 Å². The van der Waals surface area contributed by atoms with Gasteiger partial charge in [0.1, 0.15) is 6.33 Å². The molecule has 2 atom stereocenters. The molecule has 6 heteroatoms. The van der Waals surface area contributed by atoms with Gasteiger partial charge in [0.15, 0.2) is 0 Å². The number of hydrogen-bond acceptors (Lipinski definition) is 5. The normalized spacial score (nSPS) is 20.2. The highest BCUT2D eigenvalue weighted by atomic mass is 16.5. The highest BCUT2D eigenvalue weighted by Gasteiger charge is 2.28. The summed E-state index contributed by atoms with van der Waals surface area (Å²) in [4.78, 5) is 22.9. The van der Waals surface area contributed by atoms with E-state index in [0.29, 0.717) is 13.2 Å². The third kappa shape index (κ3) is 4.74. The molecule has 1 aromatic rings. The van der Waals surface area contributed by atoms with Crippen LogP contribution >= 0.6 is 0 Å². The lowest BCUT2D eigenvalue weighted by atomic mass is 10.0. The molecule has 0 radical (unpaired) electrons. The van der Waals surface area contributed by atoms with Crippen molar-refractivity contribution in [2.75, 3.05) is 26.8 Å². The third-order valence-electron chi connectivity index (χ3n) is 4.07. The van der Waals surface area contributed by atoms with Crippen molar-refractivity contribution in [1.29, 1.82) is 0 Å². The molecule has 0 saturated carbocycles. The van der Waals surface area contributed by atoms with Crippen LogP contribution in [0.4, 0.5) is 0 Å². The van der Waals surface area contributed by atoms with Crippen molar-refractivity contribution in [1.82, 2.24) is 20.2 Å². The molecule has 1 N–H and O–H groups in total. The molecule has 1 aliphatic heterocycles. The summed E-state index contributed by atoms with van der Waals surface area (Å²) < 4.78 is 5.15. The van der Waals surface area contributed by atoms with Crippen LogP contribution in [-0.4, -0.2) is 53.6 Å². The molecule has 2 rings (SSSR count). The van der Waals surface area contributed by atoms with Crippen LogP contribution in [0.15, 0.2) is 18.7 Å². The SMILES string of the molecule is COC[C@H](C)C(=O)N(Cc1cncnc1)[C@@H]1CCCNCC1. The second kappa shape index (κ2) is 8.80. The highest BCUT2D eigenvalue weighted by Crippen LogP contribution is 2.19. The zero-order valence-corrected chi connectivity index (χ0v) is 13.5. The van der Waals surface area contributed by atoms with Gasteiger partial charge in [-0.15, -0.1) is 0 Å². The standard InChI is InChI=1S/C16H26N4O2/c1-13(11-22-2)16(21)20(10-14-8-18-12-19-9-14)15-4-3-6-17-7-5-15/h8-9,12-13,15,17H,3-7,10-11H2,1-2H3/t13-,15+/m0/s1.